The molecule has 1 unspecified atom stereocenters. The van der Waals surface area contributed by atoms with Crippen molar-refractivity contribution in [3.63, 3.8) is 0 Å². The molecule has 2 aromatic rings. The Morgan fingerprint density at radius 3 is 2.62 bits per heavy atom. The number of nitro groups is 1. The summed E-state index contributed by atoms with van der Waals surface area (Å²) in [6.45, 7) is 3.87. The van der Waals surface area contributed by atoms with Crippen molar-refractivity contribution in [1.29, 1.82) is 0 Å². The summed E-state index contributed by atoms with van der Waals surface area (Å²) in [4.78, 5) is 10.3. The van der Waals surface area contributed by atoms with Crippen molar-refractivity contribution in [2.75, 3.05) is 5.32 Å². The van der Waals surface area contributed by atoms with E-state index in [2.05, 4.69) is 21.2 Å². The number of phenolic OH excluding ortho intramolecular Hbond substituents is 1. The fraction of sp³-hybridized carbons (Fsp3) is 0.200. The van der Waals surface area contributed by atoms with Gasteiger partial charge in [0.15, 0.2) is 0 Å². The number of hydrogen-bond acceptors (Lipinski definition) is 4. The van der Waals surface area contributed by atoms with E-state index in [0.29, 0.717) is 4.47 Å². The Morgan fingerprint density at radius 1 is 1.29 bits per heavy atom. The summed E-state index contributed by atoms with van der Waals surface area (Å²) in [6, 6.07) is 9.81. The van der Waals surface area contributed by atoms with Gasteiger partial charge in [0.05, 0.1) is 11.0 Å². The molecule has 2 rings (SSSR count). The fourth-order valence-corrected chi connectivity index (χ4v) is 2.55. The Hall–Kier alpha value is -2.08. The van der Waals surface area contributed by atoms with Crippen molar-refractivity contribution in [1.82, 2.24) is 0 Å². The summed E-state index contributed by atoms with van der Waals surface area (Å²) in [6.07, 6.45) is 0. The highest BCUT2D eigenvalue weighted by molar-refractivity contribution is 9.10. The molecular formula is C15H15BrN2O3. The topological polar surface area (TPSA) is 75.4 Å². The van der Waals surface area contributed by atoms with Crippen LogP contribution in [0.3, 0.4) is 0 Å². The average molecular weight is 351 g/mol. The van der Waals surface area contributed by atoms with Gasteiger partial charge in [-0.1, -0.05) is 17.7 Å². The van der Waals surface area contributed by atoms with E-state index < -0.39 is 4.92 Å². The van der Waals surface area contributed by atoms with Crippen LogP contribution in [0, 0.1) is 17.0 Å². The lowest BCUT2D eigenvalue weighted by Gasteiger charge is -2.18. The molecule has 0 aliphatic heterocycles. The summed E-state index contributed by atoms with van der Waals surface area (Å²) in [7, 11) is 0. The van der Waals surface area contributed by atoms with E-state index in [9.17, 15) is 15.2 Å². The number of nitrogens with zero attached hydrogens (tertiary/aromatic N) is 1. The summed E-state index contributed by atoms with van der Waals surface area (Å²) in [5.74, 6) is 0.221. The van der Waals surface area contributed by atoms with Gasteiger partial charge in [0, 0.05) is 27.9 Å². The van der Waals surface area contributed by atoms with Crippen LogP contribution in [-0.4, -0.2) is 10.0 Å². The number of hydrogen-bond donors (Lipinski definition) is 2. The quantitative estimate of drug-likeness (QED) is 0.626. The molecule has 0 aliphatic rings. The highest BCUT2D eigenvalue weighted by Gasteiger charge is 2.14. The molecule has 0 saturated heterocycles. The first kappa shape index (κ1) is 15.3. The zero-order valence-electron chi connectivity index (χ0n) is 11.6. The van der Waals surface area contributed by atoms with Crippen LogP contribution in [0.1, 0.15) is 24.1 Å². The van der Waals surface area contributed by atoms with Crippen LogP contribution < -0.4 is 5.32 Å². The second kappa shape index (κ2) is 6.13. The van der Waals surface area contributed by atoms with Crippen molar-refractivity contribution in [2.24, 2.45) is 0 Å². The van der Waals surface area contributed by atoms with Crippen LogP contribution >= 0.6 is 15.9 Å². The monoisotopic (exact) mass is 350 g/mol. The van der Waals surface area contributed by atoms with Crippen LogP contribution in [0.5, 0.6) is 5.75 Å². The number of aromatic hydroxyl groups is 1. The Bertz CT molecular complexity index is 689. The molecule has 0 fully saturated rings. The minimum atomic E-state index is -0.440. The SMILES string of the molecule is Cc1ccc(O)c(C(C)Nc2ccc([N+](=O)[O-])cc2Br)c1. The van der Waals surface area contributed by atoms with Gasteiger partial charge in [-0.25, -0.2) is 0 Å². The minimum Gasteiger partial charge on any atom is -0.508 e. The lowest BCUT2D eigenvalue weighted by molar-refractivity contribution is -0.384. The molecule has 0 bridgehead atoms. The average Bonchev–Trinajstić information content (AvgIpc) is 2.43. The van der Waals surface area contributed by atoms with Crippen molar-refractivity contribution in [3.8, 4) is 5.75 Å². The van der Waals surface area contributed by atoms with Gasteiger partial charge < -0.3 is 10.4 Å². The number of aryl methyl sites for hydroxylation is 1. The highest BCUT2D eigenvalue weighted by atomic mass is 79.9. The van der Waals surface area contributed by atoms with Crippen molar-refractivity contribution >= 4 is 27.3 Å². The molecule has 0 aromatic heterocycles. The van der Waals surface area contributed by atoms with Gasteiger partial charge in [-0.15, -0.1) is 0 Å². The van der Waals surface area contributed by atoms with E-state index in [0.717, 1.165) is 16.8 Å². The predicted molar refractivity (Wildman–Crippen MR) is 85.7 cm³/mol. The molecule has 0 aliphatic carbocycles. The van der Waals surface area contributed by atoms with Gasteiger partial charge in [-0.05, 0) is 41.9 Å². The Labute approximate surface area is 130 Å². The largest absolute Gasteiger partial charge is 0.508 e. The van der Waals surface area contributed by atoms with Gasteiger partial charge in [0.2, 0.25) is 0 Å². The molecule has 1 atom stereocenters. The van der Waals surface area contributed by atoms with Crippen molar-refractivity contribution < 1.29 is 10.0 Å². The molecule has 110 valence electrons. The lowest BCUT2D eigenvalue weighted by Crippen LogP contribution is -2.07. The maximum Gasteiger partial charge on any atom is 0.270 e. The molecule has 0 spiro atoms. The number of rotatable bonds is 4. The number of phenols is 1. The molecular weight excluding hydrogens is 336 g/mol. The number of benzene rings is 2. The highest BCUT2D eigenvalue weighted by Crippen LogP contribution is 2.32. The van der Waals surface area contributed by atoms with E-state index in [1.54, 1.807) is 12.1 Å². The van der Waals surface area contributed by atoms with Crippen LogP contribution in [0.25, 0.3) is 0 Å². The van der Waals surface area contributed by atoms with E-state index in [4.69, 9.17) is 0 Å². The zero-order valence-corrected chi connectivity index (χ0v) is 13.2. The normalized spacial score (nSPS) is 12.0. The fourth-order valence-electron chi connectivity index (χ4n) is 2.07. The van der Waals surface area contributed by atoms with Gasteiger partial charge in [-0.3, -0.25) is 10.1 Å². The van der Waals surface area contributed by atoms with E-state index >= 15 is 0 Å². The summed E-state index contributed by atoms with van der Waals surface area (Å²) in [5.41, 5.74) is 2.59. The molecule has 0 saturated carbocycles. The third-order valence-corrected chi connectivity index (χ3v) is 3.84. The summed E-state index contributed by atoms with van der Waals surface area (Å²) < 4.78 is 0.607. The van der Waals surface area contributed by atoms with Crippen LogP contribution in [0.15, 0.2) is 40.9 Å². The molecule has 6 heteroatoms. The number of non-ortho nitro benzene ring substituents is 1. The standard InChI is InChI=1S/C15H15BrN2O3/c1-9-3-6-15(19)12(7-9)10(2)17-14-5-4-11(18(20)21)8-13(14)16/h3-8,10,17,19H,1-2H3. The zero-order chi connectivity index (χ0) is 15.6. The molecule has 0 radical (unpaired) electrons. The third-order valence-electron chi connectivity index (χ3n) is 3.19. The second-order valence-electron chi connectivity index (χ2n) is 4.85. The van der Waals surface area contributed by atoms with Crippen LogP contribution in [0.2, 0.25) is 0 Å². The second-order valence-corrected chi connectivity index (χ2v) is 5.70. The minimum absolute atomic E-state index is 0.0264. The van der Waals surface area contributed by atoms with E-state index in [1.807, 2.05) is 26.0 Å². The molecule has 21 heavy (non-hydrogen) atoms. The van der Waals surface area contributed by atoms with Gasteiger partial charge in [-0.2, -0.15) is 0 Å². The summed E-state index contributed by atoms with van der Waals surface area (Å²) in [5, 5.41) is 23.9. The first-order valence-corrected chi connectivity index (χ1v) is 7.18. The number of nitro benzene ring substituents is 1. The number of anilines is 1. The molecule has 0 heterocycles. The Balaban J connectivity index is 2.25. The molecule has 2 N–H and O–H groups in total. The first-order valence-electron chi connectivity index (χ1n) is 6.38. The van der Waals surface area contributed by atoms with Crippen LogP contribution in [-0.2, 0) is 0 Å². The lowest BCUT2D eigenvalue weighted by atomic mass is 10.0. The predicted octanol–water partition coefficient (Wildman–Crippen LogP) is 4.54. The molecule has 2 aromatic carbocycles. The van der Waals surface area contributed by atoms with Crippen molar-refractivity contribution in [3.05, 3.63) is 62.1 Å². The van der Waals surface area contributed by atoms with Crippen LogP contribution in [0.4, 0.5) is 11.4 Å². The molecule has 0 amide bonds. The van der Waals surface area contributed by atoms with E-state index in [1.165, 1.54) is 12.1 Å². The number of nitrogens with one attached hydrogen (secondary N) is 1. The maximum atomic E-state index is 10.7. The Kier molecular flexibility index (Phi) is 4.47. The van der Waals surface area contributed by atoms with E-state index in [-0.39, 0.29) is 17.5 Å². The molecule has 5 nitrogen and oxygen atoms in total. The number of halogens is 1. The van der Waals surface area contributed by atoms with Gasteiger partial charge in [0.1, 0.15) is 5.75 Å². The van der Waals surface area contributed by atoms with Gasteiger partial charge >= 0.3 is 0 Å². The summed E-state index contributed by atoms with van der Waals surface area (Å²) >= 11 is 3.32. The Morgan fingerprint density at radius 2 is 2.00 bits per heavy atom. The van der Waals surface area contributed by atoms with Gasteiger partial charge in [0.25, 0.3) is 5.69 Å². The van der Waals surface area contributed by atoms with Crippen molar-refractivity contribution in [2.45, 2.75) is 19.9 Å². The smallest absolute Gasteiger partial charge is 0.270 e. The first-order chi connectivity index (χ1) is 9.88. The third kappa shape index (κ3) is 3.52. The maximum absolute atomic E-state index is 10.7.